The Labute approximate surface area is 224 Å². The monoisotopic (exact) mass is 536 g/mol. The third-order valence-corrected chi connectivity index (χ3v) is 8.18. The van der Waals surface area contributed by atoms with Gasteiger partial charge in [0.1, 0.15) is 41.4 Å². The van der Waals surface area contributed by atoms with E-state index >= 15 is 4.39 Å². The van der Waals surface area contributed by atoms with Crippen LogP contribution in [0.4, 0.5) is 13.2 Å². The van der Waals surface area contributed by atoms with Gasteiger partial charge in [-0.25, -0.2) is 18.2 Å². The average molecular weight is 537 g/mol. The highest BCUT2D eigenvalue weighted by Crippen LogP contribution is 2.42. The normalized spacial score (nSPS) is 21.4. The van der Waals surface area contributed by atoms with Crippen LogP contribution in [0.1, 0.15) is 57.3 Å². The van der Waals surface area contributed by atoms with Crippen LogP contribution in [0.5, 0.6) is 11.6 Å². The summed E-state index contributed by atoms with van der Waals surface area (Å²) in [6, 6.07) is 5.84. The average Bonchev–Trinajstić information content (AvgIpc) is 3.43. The molecule has 0 radical (unpaired) electrons. The van der Waals surface area contributed by atoms with Gasteiger partial charge in [-0.1, -0.05) is 26.8 Å². The number of aromatic hydroxyl groups is 1. The predicted octanol–water partition coefficient (Wildman–Crippen LogP) is 6.47. The summed E-state index contributed by atoms with van der Waals surface area (Å²) in [4.78, 5) is 15.7. The van der Waals surface area contributed by atoms with Crippen molar-refractivity contribution < 1.29 is 23.0 Å². The van der Waals surface area contributed by atoms with Crippen molar-refractivity contribution in [3.63, 3.8) is 0 Å². The van der Waals surface area contributed by atoms with Crippen LogP contribution >= 0.6 is 0 Å². The van der Waals surface area contributed by atoms with Gasteiger partial charge in [-0.05, 0) is 60.3 Å². The van der Waals surface area contributed by atoms with E-state index in [1.807, 2.05) is 20.8 Å². The Morgan fingerprint density at radius 2 is 2.03 bits per heavy atom. The van der Waals surface area contributed by atoms with Gasteiger partial charge in [-0.3, -0.25) is 9.88 Å². The molecule has 4 aromatic rings. The number of aromatic nitrogens is 3. The van der Waals surface area contributed by atoms with Gasteiger partial charge in [0.2, 0.25) is 5.88 Å². The van der Waals surface area contributed by atoms with Gasteiger partial charge < -0.3 is 9.84 Å². The van der Waals surface area contributed by atoms with E-state index in [4.69, 9.17) is 4.74 Å². The van der Waals surface area contributed by atoms with E-state index < -0.39 is 17.8 Å². The number of phenols is 1. The Morgan fingerprint density at radius 3 is 2.79 bits per heavy atom. The molecule has 0 spiro atoms. The lowest BCUT2D eigenvalue weighted by molar-refractivity contribution is 0.111. The Kier molecular flexibility index (Phi) is 6.37. The van der Waals surface area contributed by atoms with Crippen molar-refractivity contribution in [1.82, 2.24) is 19.9 Å². The first kappa shape index (κ1) is 25.8. The zero-order valence-electron chi connectivity index (χ0n) is 22.3. The summed E-state index contributed by atoms with van der Waals surface area (Å²) in [6.45, 7) is 7.13. The molecule has 204 valence electrons. The van der Waals surface area contributed by atoms with Crippen molar-refractivity contribution in [1.29, 1.82) is 0 Å². The number of hydrogen-bond acceptors (Lipinski definition) is 6. The van der Waals surface area contributed by atoms with Gasteiger partial charge in [-0.15, -0.1) is 0 Å². The third-order valence-electron chi connectivity index (χ3n) is 8.18. The van der Waals surface area contributed by atoms with Crippen molar-refractivity contribution in [2.45, 2.75) is 64.1 Å². The van der Waals surface area contributed by atoms with Crippen molar-refractivity contribution in [3.8, 4) is 22.9 Å². The first-order valence-electron chi connectivity index (χ1n) is 13.5. The van der Waals surface area contributed by atoms with Crippen molar-refractivity contribution in [2.75, 3.05) is 19.7 Å². The van der Waals surface area contributed by atoms with Crippen LogP contribution in [0.25, 0.3) is 32.9 Å². The van der Waals surface area contributed by atoms with Crippen molar-refractivity contribution in [3.05, 3.63) is 53.5 Å². The smallest absolute Gasteiger partial charge is 0.226 e. The minimum Gasteiger partial charge on any atom is -0.508 e. The lowest BCUT2D eigenvalue weighted by Crippen LogP contribution is -2.43. The van der Waals surface area contributed by atoms with Crippen LogP contribution in [0.2, 0.25) is 0 Å². The fraction of sp³-hybridized carbons (Fsp3) is 0.433. The zero-order valence-corrected chi connectivity index (χ0v) is 22.3. The molecule has 2 aromatic carbocycles. The highest BCUT2D eigenvalue weighted by atomic mass is 19.1. The summed E-state index contributed by atoms with van der Waals surface area (Å²) in [7, 11) is 0. The van der Waals surface area contributed by atoms with Crippen LogP contribution in [0.15, 0.2) is 30.5 Å². The van der Waals surface area contributed by atoms with E-state index in [9.17, 15) is 13.9 Å². The number of nitrogens with zero attached hydrogens (tertiary/aromatic N) is 4. The lowest BCUT2D eigenvalue weighted by Gasteiger charge is -2.31. The summed E-state index contributed by atoms with van der Waals surface area (Å²) in [5.74, 6) is -0.675. The second kappa shape index (κ2) is 9.62. The highest BCUT2D eigenvalue weighted by Gasteiger charge is 2.49. The van der Waals surface area contributed by atoms with Crippen LogP contribution in [0, 0.1) is 11.6 Å². The molecule has 9 heteroatoms. The van der Waals surface area contributed by atoms with E-state index in [0.29, 0.717) is 46.9 Å². The molecule has 2 aromatic heterocycles. The summed E-state index contributed by atoms with van der Waals surface area (Å²) >= 11 is 0. The van der Waals surface area contributed by atoms with E-state index in [0.717, 1.165) is 19.4 Å². The largest absolute Gasteiger partial charge is 0.508 e. The summed E-state index contributed by atoms with van der Waals surface area (Å²) in [5, 5.41) is 11.8. The number of hydrogen-bond donors (Lipinski definition) is 1. The number of halogens is 3. The molecule has 2 atom stereocenters. The molecule has 2 fully saturated rings. The minimum atomic E-state index is -0.890. The predicted molar refractivity (Wildman–Crippen MR) is 144 cm³/mol. The molecule has 6 nitrogen and oxygen atoms in total. The van der Waals surface area contributed by atoms with Gasteiger partial charge in [0.05, 0.1) is 10.9 Å². The Hall–Kier alpha value is -3.46. The maximum atomic E-state index is 16.3. The molecule has 2 aliphatic heterocycles. The molecule has 6 rings (SSSR count). The number of ether oxygens (including phenoxy) is 1. The van der Waals surface area contributed by atoms with Crippen LogP contribution < -0.4 is 4.74 Å². The number of rotatable bonds is 6. The molecular formula is C30H31F3N4O2. The molecular weight excluding hydrogens is 505 g/mol. The number of alkyl halides is 1. The fourth-order valence-electron chi connectivity index (χ4n) is 6.29. The van der Waals surface area contributed by atoms with Gasteiger partial charge in [0, 0.05) is 30.6 Å². The summed E-state index contributed by atoms with van der Waals surface area (Å²) in [6.07, 6.45) is 3.18. The first-order valence-corrected chi connectivity index (χ1v) is 13.5. The second-order valence-corrected chi connectivity index (χ2v) is 11.1. The fourth-order valence-corrected chi connectivity index (χ4v) is 6.29. The molecule has 0 unspecified atom stereocenters. The van der Waals surface area contributed by atoms with E-state index in [1.54, 1.807) is 6.07 Å². The lowest BCUT2D eigenvalue weighted by atomic mass is 9.94. The van der Waals surface area contributed by atoms with Crippen LogP contribution in [-0.4, -0.2) is 56.4 Å². The van der Waals surface area contributed by atoms with Gasteiger partial charge in [-0.2, -0.15) is 4.98 Å². The number of benzene rings is 2. The molecule has 4 heterocycles. The molecule has 0 saturated carbocycles. The maximum absolute atomic E-state index is 16.3. The third kappa shape index (κ3) is 4.27. The second-order valence-electron chi connectivity index (χ2n) is 11.1. The van der Waals surface area contributed by atoms with Gasteiger partial charge in [0.25, 0.3) is 0 Å². The minimum absolute atomic E-state index is 0.0372. The molecule has 2 saturated heterocycles. The summed E-state index contributed by atoms with van der Waals surface area (Å²) < 4.78 is 51.6. The molecule has 2 aliphatic rings. The molecule has 0 aliphatic carbocycles. The van der Waals surface area contributed by atoms with Crippen molar-refractivity contribution >= 4 is 21.7 Å². The van der Waals surface area contributed by atoms with Gasteiger partial charge >= 0.3 is 0 Å². The Balaban J connectivity index is 1.50. The van der Waals surface area contributed by atoms with E-state index in [-0.39, 0.29) is 46.5 Å². The SMILES string of the molecule is CCc1c(F)ccc2cc(O)cc(-c3ncc4c(OC[C@@]56CCCN5C[C@H](F)C6)nc(C(C)C)nc4c3F)c12. The Bertz CT molecular complexity index is 1590. The quantitative estimate of drug-likeness (QED) is 0.305. The van der Waals surface area contributed by atoms with Crippen LogP contribution in [0.3, 0.4) is 0 Å². The zero-order chi connectivity index (χ0) is 27.5. The summed E-state index contributed by atoms with van der Waals surface area (Å²) in [5.41, 5.74) is 0.312. The maximum Gasteiger partial charge on any atom is 0.226 e. The van der Waals surface area contributed by atoms with Crippen molar-refractivity contribution in [2.24, 2.45) is 0 Å². The number of phenolic OH excluding ortho intramolecular Hbond substituents is 1. The van der Waals surface area contributed by atoms with E-state index in [1.165, 1.54) is 24.4 Å². The Morgan fingerprint density at radius 1 is 1.21 bits per heavy atom. The standard InChI is InChI=1S/C30H31F3N4O2/c1-4-20-23(32)7-6-17-10-19(38)11-21(24(17)20)26-25(33)27-22(13-34-26)29(36-28(35-27)16(2)3)39-15-30-8-5-9-37(30)14-18(31)12-30/h6-7,10-11,13,16,18,38H,4-5,8-9,12,14-15H2,1-3H3/t18-,30+/m1/s1. The number of fused-ring (bicyclic) bond motifs is 3. The van der Waals surface area contributed by atoms with E-state index in [2.05, 4.69) is 19.9 Å². The van der Waals surface area contributed by atoms with Crippen LogP contribution in [-0.2, 0) is 6.42 Å². The first-order chi connectivity index (χ1) is 18.7. The molecule has 0 amide bonds. The topological polar surface area (TPSA) is 71.4 Å². The highest BCUT2D eigenvalue weighted by molar-refractivity contribution is 6.01. The molecule has 0 bridgehead atoms. The molecule has 39 heavy (non-hydrogen) atoms. The number of aryl methyl sites for hydroxylation is 1. The molecule has 1 N–H and O–H groups in total. The van der Waals surface area contributed by atoms with Gasteiger partial charge in [0.15, 0.2) is 5.82 Å². The number of pyridine rings is 1.